The summed E-state index contributed by atoms with van der Waals surface area (Å²) in [6.45, 7) is 0. The van der Waals surface area contributed by atoms with Gasteiger partial charge in [-0.05, 0) is 101 Å². The van der Waals surface area contributed by atoms with Crippen molar-refractivity contribution < 1.29 is 0 Å². The minimum atomic E-state index is 0.884. The first kappa shape index (κ1) is 25.1. The van der Waals surface area contributed by atoms with E-state index in [1.807, 2.05) is 24.4 Å². The highest BCUT2D eigenvalue weighted by Gasteiger charge is 2.23. The van der Waals surface area contributed by atoms with Crippen molar-refractivity contribution in [3.63, 3.8) is 0 Å². The molecule has 1 aliphatic carbocycles. The summed E-state index contributed by atoms with van der Waals surface area (Å²) in [6, 6.07) is 56.1. The van der Waals surface area contributed by atoms with E-state index in [4.69, 9.17) is 4.98 Å². The number of rotatable bonds is 6. The van der Waals surface area contributed by atoms with Gasteiger partial charge >= 0.3 is 0 Å². The molecule has 8 rings (SSSR count). The Balaban J connectivity index is 1.21. The predicted octanol–water partition coefficient (Wildman–Crippen LogP) is 10.7. The first-order valence-electron chi connectivity index (χ1n) is 14.7. The summed E-state index contributed by atoms with van der Waals surface area (Å²) in [7, 11) is 0. The second-order valence-corrected chi connectivity index (χ2v) is 10.9. The number of anilines is 6. The Labute approximate surface area is 251 Å². The molecule has 204 valence electrons. The molecule has 0 atom stereocenters. The standard InChI is InChI=1S/C40H29N3/c1-3-14-32(15-4-1)42(39-19-11-13-29-12-7-8-18-38(29)39)34-21-23-36-30(27-34)26-31-28-35(22-24-37(31)36)43(33-16-5-2-6-17-33)40-20-9-10-25-41-40/h1-25,27-28H,26H2. The molecule has 3 heteroatoms. The molecule has 0 saturated carbocycles. The van der Waals surface area contributed by atoms with Gasteiger partial charge in [0.2, 0.25) is 0 Å². The van der Waals surface area contributed by atoms with E-state index in [2.05, 4.69) is 149 Å². The minimum Gasteiger partial charge on any atom is -0.310 e. The molecule has 0 bridgehead atoms. The summed E-state index contributed by atoms with van der Waals surface area (Å²) in [4.78, 5) is 9.31. The third-order valence-electron chi connectivity index (χ3n) is 8.28. The van der Waals surface area contributed by atoms with E-state index in [1.54, 1.807) is 0 Å². The normalized spacial score (nSPS) is 11.6. The average Bonchev–Trinajstić information content (AvgIpc) is 3.44. The molecule has 7 aromatic rings. The lowest BCUT2D eigenvalue weighted by molar-refractivity contribution is 1.17. The summed E-state index contributed by atoms with van der Waals surface area (Å²) in [5, 5.41) is 2.47. The van der Waals surface area contributed by atoms with Gasteiger partial charge in [0.25, 0.3) is 0 Å². The van der Waals surface area contributed by atoms with E-state index < -0.39 is 0 Å². The number of nitrogens with zero attached hydrogens (tertiary/aromatic N) is 3. The number of hydrogen-bond donors (Lipinski definition) is 0. The summed E-state index contributed by atoms with van der Waals surface area (Å²) in [6.07, 6.45) is 2.74. The van der Waals surface area contributed by atoms with Crippen LogP contribution < -0.4 is 9.80 Å². The first-order valence-corrected chi connectivity index (χ1v) is 14.7. The highest BCUT2D eigenvalue weighted by molar-refractivity contribution is 5.99. The highest BCUT2D eigenvalue weighted by Crippen LogP contribution is 2.45. The van der Waals surface area contributed by atoms with Gasteiger partial charge in [-0.2, -0.15) is 0 Å². The van der Waals surface area contributed by atoms with Crippen LogP contribution >= 0.6 is 0 Å². The molecule has 0 N–H and O–H groups in total. The van der Waals surface area contributed by atoms with Gasteiger partial charge in [0.1, 0.15) is 5.82 Å². The predicted molar refractivity (Wildman–Crippen MR) is 179 cm³/mol. The minimum absolute atomic E-state index is 0.884. The molecule has 0 saturated heterocycles. The van der Waals surface area contributed by atoms with E-state index in [-0.39, 0.29) is 0 Å². The van der Waals surface area contributed by atoms with Gasteiger partial charge in [0, 0.05) is 34.3 Å². The first-order chi connectivity index (χ1) is 21.3. The molecule has 6 aromatic carbocycles. The number of aromatic nitrogens is 1. The molecule has 0 fully saturated rings. The molecule has 1 aromatic heterocycles. The summed E-state index contributed by atoms with van der Waals surface area (Å²) < 4.78 is 0. The topological polar surface area (TPSA) is 19.4 Å². The lowest BCUT2D eigenvalue weighted by Gasteiger charge is -2.27. The molecule has 1 aliphatic rings. The smallest absolute Gasteiger partial charge is 0.137 e. The Bertz CT molecular complexity index is 2010. The Morgan fingerprint density at radius 1 is 0.442 bits per heavy atom. The fraction of sp³-hybridized carbons (Fsp3) is 0.0250. The van der Waals surface area contributed by atoms with Crippen molar-refractivity contribution in [1.29, 1.82) is 0 Å². The van der Waals surface area contributed by atoms with Crippen LogP contribution in [-0.2, 0) is 6.42 Å². The van der Waals surface area contributed by atoms with Crippen LogP contribution in [0.1, 0.15) is 11.1 Å². The van der Waals surface area contributed by atoms with Crippen LogP contribution in [0.3, 0.4) is 0 Å². The third-order valence-corrected chi connectivity index (χ3v) is 8.28. The van der Waals surface area contributed by atoms with Crippen molar-refractivity contribution in [2.75, 3.05) is 9.80 Å². The van der Waals surface area contributed by atoms with Crippen molar-refractivity contribution in [3.8, 4) is 11.1 Å². The number of hydrogen-bond acceptors (Lipinski definition) is 3. The van der Waals surface area contributed by atoms with Gasteiger partial charge in [-0.25, -0.2) is 4.98 Å². The van der Waals surface area contributed by atoms with Crippen LogP contribution in [0.5, 0.6) is 0 Å². The van der Waals surface area contributed by atoms with Crippen LogP contribution in [0.4, 0.5) is 34.3 Å². The lowest BCUT2D eigenvalue weighted by Crippen LogP contribution is -2.11. The summed E-state index contributed by atoms with van der Waals surface area (Å²) in [5.74, 6) is 0.903. The van der Waals surface area contributed by atoms with Gasteiger partial charge in [0.05, 0.1) is 5.69 Å². The quantitative estimate of drug-likeness (QED) is 0.205. The molecule has 0 unspecified atom stereocenters. The van der Waals surface area contributed by atoms with Gasteiger partial charge < -0.3 is 4.90 Å². The maximum atomic E-state index is 4.70. The summed E-state index contributed by atoms with van der Waals surface area (Å²) >= 11 is 0. The highest BCUT2D eigenvalue weighted by atomic mass is 15.2. The second-order valence-electron chi connectivity index (χ2n) is 10.9. The van der Waals surface area contributed by atoms with Crippen molar-refractivity contribution in [1.82, 2.24) is 4.98 Å². The Hall–Kier alpha value is -5.67. The van der Waals surface area contributed by atoms with E-state index >= 15 is 0 Å². The third kappa shape index (κ3) is 4.52. The molecule has 0 amide bonds. The number of fused-ring (bicyclic) bond motifs is 4. The largest absolute Gasteiger partial charge is 0.310 e. The van der Waals surface area contributed by atoms with Crippen molar-refractivity contribution in [2.24, 2.45) is 0 Å². The molecule has 43 heavy (non-hydrogen) atoms. The molecular weight excluding hydrogens is 522 g/mol. The van der Waals surface area contributed by atoms with Crippen molar-refractivity contribution >= 4 is 45.0 Å². The van der Waals surface area contributed by atoms with Crippen molar-refractivity contribution in [3.05, 3.63) is 175 Å². The molecule has 1 heterocycles. The van der Waals surface area contributed by atoms with Gasteiger partial charge in [0.15, 0.2) is 0 Å². The van der Waals surface area contributed by atoms with Crippen LogP contribution in [-0.4, -0.2) is 4.98 Å². The summed E-state index contributed by atoms with van der Waals surface area (Å²) in [5.41, 5.74) is 11.0. The molecule has 0 radical (unpaired) electrons. The van der Waals surface area contributed by atoms with E-state index in [9.17, 15) is 0 Å². The zero-order valence-corrected chi connectivity index (χ0v) is 23.6. The molecular formula is C40H29N3. The van der Waals surface area contributed by atoms with Gasteiger partial charge in [-0.3, -0.25) is 4.90 Å². The Kier molecular flexibility index (Phi) is 6.20. The van der Waals surface area contributed by atoms with E-state index in [1.165, 1.54) is 38.7 Å². The Morgan fingerprint density at radius 2 is 1.02 bits per heavy atom. The average molecular weight is 552 g/mol. The number of para-hydroxylation sites is 2. The fourth-order valence-electron chi connectivity index (χ4n) is 6.35. The maximum absolute atomic E-state index is 4.70. The van der Waals surface area contributed by atoms with Crippen LogP contribution in [0.25, 0.3) is 21.9 Å². The van der Waals surface area contributed by atoms with Crippen molar-refractivity contribution in [2.45, 2.75) is 6.42 Å². The SMILES string of the molecule is c1ccc(N(c2ccc3c(c2)Cc2cc(N(c4ccccc4)c4cccc5ccccc45)ccc2-3)c2ccccn2)cc1. The molecule has 0 spiro atoms. The number of benzene rings is 6. The van der Waals surface area contributed by atoms with Crippen LogP contribution in [0.15, 0.2) is 164 Å². The molecule has 0 aliphatic heterocycles. The monoisotopic (exact) mass is 551 g/mol. The zero-order valence-electron chi connectivity index (χ0n) is 23.6. The second kappa shape index (κ2) is 10.6. The fourth-order valence-corrected chi connectivity index (χ4v) is 6.35. The van der Waals surface area contributed by atoms with Crippen LogP contribution in [0.2, 0.25) is 0 Å². The van der Waals surface area contributed by atoms with E-state index in [0.29, 0.717) is 0 Å². The lowest BCUT2D eigenvalue weighted by atomic mass is 10.0. The Morgan fingerprint density at radius 3 is 1.70 bits per heavy atom. The maximum Gasteiger partial charge on any atom is 0.137 e. The van der Waals surface area contributed by atoms with Gasteiger partial charge in [-0.1, -0.05) is 91.0 Å². The van der Waals surface area contributed by atoms with Crippen LogP contribution in [0, 0.1) is 0 Å². The molecule has 3 nitrogen and oxygen atoms in total. The van der Waals surface area contributed by atoms with E-state index in [0.717, 1.165) is 35.0 Å². The number of pyridine rings is 1. The van der Waals surface area contributed by atoms with Gasteiger partial charge in [-0.15, -0.1) is 0 Å². The zero-order chi connectivity index (χ0) is 28.6.